The first-order valence-corrected chi connectivity index (χ1v) is 9.49. The molecule has 0 radical (unpaired) electrons. The van der Waals surface area contributed by atoms with Gasteiger partial charge < -0.3 is 14.5 Å². The molecule has 1 aliphatic heterocycles. The summed E-state index contributed by atoms with van der Waals surface area (Å²) in [5.74, 6) is -2.76. The lowest BCUT2D eigenvalue weighted by atomic mass is 10.1. The average molecular weight is 421 g/mol. The largest absolute Gasteiger partial charge is 0.490 e. The number of aromatic nitrogens is 2. The number of hydrogen-bond donors (Lipinski definition) is 2. The van der Waals surface area contributed by atoms with Gasteiger partial charge in [0, 0.05) is 25.0 Å². The molecular formula is C21H22F3N3O3. The zero-order chi connectivity index (χ0) is 21.9. The van der Waals surface area contributed by atoms with E-state index >= 15 is 0 Å². The second kappa shape index (κ2) is 8.74. The molecule has 0 aliphatic carbocycles. The average Bonchev–Trinajstić information content (AvgIpc) is 3.29. The highest BCUT2D eigenvalue weighted by Gasteiger charge is 2.38. The molecule has 1 aromatic carbocycles. The first kappa shape index (κ1) is 21.6. The lowest BCUT2D eigenvalue weighted by Gasteiger charge is -2.21. The molecule has 1 fully saturated rings. The molecule has 1 unspecified atom stereocenters. The number of rotatable bonds is 3. The molecule has 1 aliphatic rings. The summed E-state index contributed by atoms with van der Waals surface area (Å²) in [6.45, 7) is 4.50. The minimum absolute atomic E-state index is 0.0548. The van der Waals surface area contributed by atoms with Crippen LogP contribution in [0.25, 0.3) is 16.8 Å². The Morgan fingerprint density at radius 1 is 1.27 bits per heavy atom. The van der Waals surface area contributed by atoms with Gasteiger partial charge in [0.2, 0.25) is 0 Å². The maximum atomic E-state index is 11.9. The van der Waals surface area contributed by atoms with Crippen LogP contribution in [-0.4, -0.2) is 44.1 Å². The number of carboxylic acid groups (broad SMARTS) is 1. The van der Waals surface area contributed by atoms with Crippen molar-refractivity contribution >= 4 is 11.5 Å². The number of carboxylic acids is 1. The van der Waals surface area contributed by atoms with E-state index in [9.17, 15) is 18.0 Å². The standard InChI is InChI=1S/C19H21N3O.C2HF3O2/c1-14-4-3-10-21(14)13-15-5-2-6-16(12-15)17-7-8-18-19(23)20-9-11-22(17)18;3-2(4,5)1(6)7/h2,5-9,11-12,14H,3-4,10,13H2,1H3,(H,20,23);(H,6,7). The molecule has 3 heterocycles. The summed E-state index contributed by atoms with van der Waals surface area (Å²) in [4.78, 5) is 26.0. The van der Waals surface area contributed by atoms with Crippen molar-refractivity contribution in [3.8, 4) is 11.3 Å². The van der Waals surface area contributed by atoms with Gasteiger partial charge in [-0.05, 0) is 55.6 Å². The zero-order valence-corrected chi connectivity index (χ0v) is 16.3. The summed E-state index contributed by atoms with van der Waals surface area (Å²) in [5, 5.41) is 7.12. The monoisotopic (exact) mass is 421 g/mol. The van der Waals surface area contributed by atoms with Gasteiger partial charge in [-0.3, -0.25) is 9.69 Å². The first-order valence-electron chi connectivity index (χ1n) is 9.49. The topological polar surface area (TPSA) is 77.8 Å². The van der Waals surface area contributed by atoms with Gasteiger partial charge in [0.25, 0.3) is 5.56 Å². The lowest BCUT2D eigenvalue weighted by Crippen LogP contribution is -2.26. The summed E-state index contributed by atoms with van der Waals surface area (Å²) >= 11 is 0. The van der Waals surface area contributed by atoms with Gasteiger partial charge in [-0.15, -0.1) is 0 Å². The molecule has 0 saturated carbocycles. The molecule has 4 rings (SSSR count). The lowest BCUT2D eigenvalue weighted by molar-refractivity contribution is -0.192. The van der Waals surface area contributed by atoms with Crippen LogP contribution in [0.1, 0.15) is 25.3 Å². The Morgan fingerprint density at radius 3 is 2.63 bits per heavy atom. The molecule has 1 atom stereocenters. The van der Waals surface area contributed by atoms with E-state index in [2.05, 4.69) is 41.1 Å². The molecule has 3 aromatic rings. The highest BCUT2D eigenvalue weighted by atomic mass is 19.4. The number of fused-ring (bicyclic) bond motifs is 1. The minimum Gasteiger partial charge on any atom is -0.475 e. The van der Waals surface area contributed by atoms with Crippen LogP contribution in [0.3, 0.4) is 0 Å². The van der Waals surface area contributed by atoms with Gasteiger partial charge in [-0.2, -0.15) is 13.2 Å². The molecule has 30 heavy (non-hydrogen) atoms. The van der Waals surface area contributed by atoms with Gasteiger partial charge in [-0.1, -0.05) is 18.2 Å². The van der Waals surface area contributed by atoms with Crippen molar-refractivity contribution in [1.82, 2.24) is 14.3 Å². The van der Waals surface area contributed by atoms with Crippen molar-refractivity contribution in [2.75, 3.05) is 6.54 Å². The maximum absolute atomic E-state index is 11.9. The number of H-pyrrole nitrogens is 1. The molecule has 0 amide bonds. The zero-order valence-electron chi connectivity index (χ0n) is 16.3. The number of nitrogens with one attached hydrogen (secondary N) is 1. The highest BCUT2D eigenvalue weighted by Crippen LogP contribution is 2.25. The van der Waals surface area contributed by atoms with Gasteiger partial charge in [-0.25, -0.2) is 4.79 Å². The number of likely N-dealkylation sites (tertiary alicyclic amines) is 1. The number of alkyl halides is 3. The highest BCUT2D eigenvalue weighted by molar-refractivity contribution is 5.73. The number of benzene rings is 1. The van der Waals surface area contributed by atoms with E-state index in [1.807, 2.05) is 22.7 Å². The van der Waals surface area contributed by atoms with Crippen molar-refractivity contribution in [2.24, 2.45) is 0 Å². The van der Waals surface area contributed by atoms with Crippen molar-refractivity contribution in [1.29, 1.82) is 0 Å². The van der Waals surface area contributed by atoms with Gasteiger partial charge in [0.15, 0.2) is 0 Å². The molecule has 160 valence electrons. The molecule has 2 N–H and O–H groups in total. The summed E-state index contributed by atoms with van der Waals surface area (Å²) in [6, 6.07) is 13.2. The molecule has 1 saturated heterocycles. The third kappa shape index (κ3) is 4.91. The van der Waals surface area contributed by atoms with E-state index in [0.717, 1.165) is 17.8 Å². The van der Waals surface area contributed by atoms with Crippen molar-refractivity contribution < 1.29 is 23.1 Å². The SMILES string of the molecule is CC1CCCN1Cc1cccc(-c2ccc3c(=O)[nH]ccn23)c1.O=C(O)C(F)(F)F. The van der Waals surface area contributed by atoms with E-state index in [1.165, 1.54) is 24.9 Å². The van der Waals surface area contributed by atoms with Gasteiger partial charge in [0.05, 0.1) is 5.69 Å². The fourth-order valence-corrected chi connectivity index (χ4v) is 3.58. The second-order valence-corrected chi connectivity index (χ2v) is 7.23. The van der Waals surface area contributed by atoms with Gasteiger partial charge in [0.1, 0.15) is 5.52 Å². The van der Waals surface area contributed by atoms with E-state index in [-0.39, 0.29) is 5.56 Å². The normalized spacial score (nSPS) is 17.0. The number of carbonyl (C=O) groups is 1. The predicted molar refractivity (Wildman–Crippen MR) is 106 cm³/mol. The molecule has 9 heteroatoms. The van der Waals surface area contributed by atoms with Crippen LogP contribution in [0.15, 0.2) is 53.6 Å². The van der Waals surface area contributed by atoms with Crippen LogP contribution in [0.5, 0.6) is 0 Å². The number of aromatic amines is 1. The summed E-state index contributed by atoms with van der Waals surface area (Å²) < 4.78 is 33.7. The Morgan fingerprint density at radius 2 is 2.00 bits per heavy atom. The Labute approximate surface area is 170 Å². The fraction of sp³-hybridized carbons (Fsp3) is 0.333. The minimum atomic E-state index is -5.08. The van der Waals surface area contributed by atoms with E-state index in [0.29, 0.717) is 11.6 Å². The Kier molecular flexibility index (Phi) is 6.31. The molecule has 6 nitrogen and oxygen atoms in total. The van der Waals surface area contributed by atoms with E-state index < -0.39 is 12.1 Å². The van der Waals surface area contributed by atoms with Crippen LogP contribution >= 0.6 is 0 Å². The van der Waals surface area contributed by atoms with Crippen LogP contribution < -0.4 is 5.56 Å². The third-order valence-electron chi connectivity index (χ3n) is 5.13. The Bertz CT molecular complexity index is 1090. The Balaban J connectivity index is 0.000000318. The van der Waals surface area contributed by atoms with E-state index in [1.54, 1.807) is 6.20 Å². The quantitative estimate of drug-likeness (QED) is 0.672. The van der Waals surface area contributed by atoms with Crippen molar-refractivity contribution in [3.63, 3.8) is 0 Å². The predicted octanol–water partition coefficient (Wildman–Crippen LogP) is 3.91. The fourth-order valence-electron chi connectivity index (χ4n) is 3.58. The third-order valence-corrected chi connectivity index (χ3v) is 5.13. The Hall–Kier alpha value is -3.07. The van der Waals surface area contributed by atoms with Crippen LogP contribution in [0.2, 0.25) is 0 Å². The molecular weight excluding hydrogens is 399 g/mol. The molecule has 2 aromatic heterocycles. The maximum Gasteiger partial charge on any atom is 0.490 e. The van der Waals surface area contributed by atoms with Crippen molar-refractivity contribution in [3.05, 3.63) is 64.7 Å². The summed E-state index contributed by atoms with van der Waals surface area (Å²) in [5.41, 5.74) is 4.17. The van der Waals surface area contributed by atoms with Gasteiger partial charge >= 0.3 is 12.1 Å². The van der Waals surface area contributed by atoms with Crippen LogP contribution in [0.4, 0.5) is 13.2 Å². The smallest absolute Gasteiger partial charge is 0.475 e. The molecule has 0 spiro atoms. The second-order valence-electron chi connectivity index (χ2n) is 7.23. The summed E-state index contributed by atoms with van der Waals surface area (Å²) in [7, 11) is 0. The molecule has 0 bridgehead atoms. The number of hydrogen-bond acceptors (Lipinski definition) is 3. The first-order chi connectivity index (χ1) is 14.2. The number of nitrogens with zero attached hydrogens (tertiary/aromatic N) is 2. The van der Waals surface area contributed by atoms with Crippen LogP contribution in [0, 0.1) is 0 Å². The van der Waals surface area contributed by atoms with Crippen molar-refractivity contribution in [2.45, 2.75) is 38.5 Å². The van der Waals surface area contributed by atoms with E-state index in [4.69, 9.17) is 9.90 Å². The van der Waals surface area contributed by atoms with Crippen LogP contribution in [-0.2, 0) is 11.3 Å². The number of aliphatic carboxylic acids is 1. The summed E-state index contributed by atoms with van der Waals surface area (Å²) in [6.07, 6.45) is 1.11. The number of halogens is 3.